The average molecular weight is 426 g/mol. The summed E-state index contributed by atoms with van der Waals surface area (Å²) < 4.78 is 0. The Bertz CT molecular complexity index is 1140. The van der Waals surface area contributed by atoms with E-state index in [1.807, 2.05) is 19.1 Å². The van der Waals surface area contributed by atoms with E-state index < -0.39 is 0 Å². The van der Waals surface area contributed by atoms with Crippen molar-refractivity contribution in [2.24, 2.45) is 0 Å². The van der Waals surface area contributed by atoms with Crippen molar-refractivity contribution in [1.29, 1.82) is 5.26 Å². The predicted octanol–water partition coefficient (Wildman–Crippen LogP) is 4.66. The molecule has 1 atom stereocenters. The van der Waals surface area contributed by atoms with Gasteiger partial charge in [-0.3, -0.25) is 0 Å². The molecule has 2 heterocycles. The number of aliphatic hydroxyl groups is 1. The zero-order valence-electron chi connectivity index (χ0n) is 15.6. The number of hydrogen-bond donors (Lipinski definition) is 2. The van der Waals surface area contributed by atoms with Gasteiger partial charge in [0.1, 0.15) is 0 Å². The summed E-state index contributed by atoms with van der Waals surface area (Å²) in [5.74, 6) is 0.331. The van der Waals surface area contributed by atoms with Crippen LogP contribution in [0.1, 0.15) is 30.0 Å². The lowest BCUT2D eigenvalue weighted by Crippen LogP contribution is -2.23. The number of nitriles is 1. The minimum atomic E-state index is -0.356. The number of halogens is 2. The fourth-order valence-corrected chi connectivity index (χ4v) is 3.95. The molecule has 0 spiro atoms. The highest BCUT2D eigenvalue weighted by atomic mass is 35.5. The predicted molar refractivity (Wildman–Crippen MR) is 112 cm³/mol. The molecular weight excluding hydrogens is 409 g/mol. The molecule has 0 aliphatic heterocycles. The molecule has 4 rings (SSSR count). The van der Waals surface area contributed by atoms with Crippen LogP contribution in [-0.2, 0) is 11.8 Å². The summed E-state index contributed by atoms with van der Waals surface area (Å²) in [6.07, 6.45) is 4.68. The first-order valence-electron chi connectivity index (χ1n) is 9.03. The second kappa shape index (κ2) is 7.60. The summed E-state index contributed by atoms with van der Waals surface area (Å²) in [5, 5.41) is 23.3. The van der Waals surface area contributed by atoms with Gasteiger partial charge in [0, 0.05) is 23.4 Å². The van der Waals surface area contributed by atoms with Gasteiger partial charge in [-0.2, -0.15) is 5.26 Å². The van der Waals surface area contributed by atoms with Crippen molar-refractivity contribution in [1.82, 2.24) is 15.0 Å². The first-order chi connectivity index (χ1) is 13.9. The highest BCUT2D eigenvalue weighted by molar-refractivity contribution is 6.34. The Kier molecular flexibility index (Phi) is 5.13. The van der Waals surface area contributed by atoms with E-state index in [9.17, 15) is 10.4 Å². The van der Waals surface area contributed by atoms with Crippen LogP contribution in [0.25, 0.3) is 11.3 Å². The van der Waals surface area contributed by atoms with Crippen molar-refractivity contribution in [3.8, 4) is 17.3 Å². The van der Waals surface area contributed by atoms with Crippen LogP contribution in [0.3, 0.4) is 0 Å². The Labute approximate surface area is 178 Å². The van der Waals surface area contributed by atoms with E-state index >= 15 is 0 Å². The Hall–Kier alpha value is -2.72. The van der Waals surface area contributed by atoms with E-state index in [-0.39, 0.29) is 17.2 Å². The van der Waals surface area contributed by atoms with Gasteiger partial charge in [0.05, 0.1) is 34.6 Å². The molecule has 0 saturated carbocycles. The largest absolute Gasteiger partial charge is 0.395 e. The van der Waals surface area contributed by atoms with Crippen molar-refractivity contribution < 1.29 is 5.11 Å². The number of aromatic nitrogens is 3. The third-order valence-corrected chi connectivity index (χ3v) is 5.81. The topological polar surface area (TPSA) is 94.7 Å². The summed E-state index contributed by atoms with van der Waals surface area (Å²) in [5.41, 5.74) is 4.22. The van der Waals surface area contributed by atoms with Gasteiger partial charge in [-0.25, -0.2) is 15.0 Å². The lowest BCUT2D eigenvalue weighted by atomic mass is 9.83. The van der Waals surface area contributed by atoms with E-state index in [0.717, 1.165) is 29.5 Å². The molecule has 2 N–H and O–H groups in total. The molecular formula is C21H17Cl2N5O. The smallest absolute Gasteiger partial charge is 0.227 e. The van der Waals surface area contributed by atoms with Crippen molar-refractivity contribution in [2.45, 2.75) is 25.2 Å². The Morgan fingerprint density at radius 2 is 2.10 bits per heavy atom. The zero-order valence-corrected chi connectivity index (χ0v) is 17.1. The number of rotatable bonds is 4. The number of aliphatic hydroxyl groups excluding tert-OH is 1. The minimum absolute atomic E-state index is 0.0329. The quantitative estimate of drug-likeness (QED) is 0.590. The van der Waals surface area contributed by atoms with Gasteiger partial charge >= 0.3 is 0 Å². The molecule has 1 aromatic carbocycles. The summed E-state index contributed by atoms with van der Waals surface area (Å²) in [6, 6.07) is 9.55. The van der Waals surface area contributed by atoms with Gasteiger partial charge in [0.25, 0.3) is 0 Å². The second-order valence-electron chi connectivity index (χ2n) is 7.26. The van der Waals surface area contributed by atoms with Gasteiger partial charge in [-0.05, 0) is 48.2 Å². The first-order valence-corrected chi connectivity index (χ1v) is 9.79. The standard InChI is InChI=1S/C21H17Cl2N5O/c1-21(11-29)4-2-15-13(9-24)6-12(7-16(15)21)17-3-5-25-20(27-17)28-18-8-14(22)10-26-19(18)23/h3,5-8,10,29H,2,4,11H2,1H3,(H,25,27,28). The second-order valence-corrected chi connectivity index (χ2v) is 8.06. The molecule has 146 valence electrons. The molecule has 0 bridgehead atoms. The molecule has 1 aliphatic rings. The number of nitrogens with one attached hydrogen (secondary N) is 1. The highest BCUT2D eigenvalue weighted by Crippen LogP contribution is 2.42. The summed E-state index contributed by atoms with van der Waals surface area (Å²) >= 11 is 12.1. The maximum Gasteiger partial charge on any atom is 0.227 e. The highest BCUT2D eigenvalue weighted by Gasteiger charge is 2.35. The molecule has 3 aromatic rings. The van der Waals surface area contributed by atoms with Crippen molar-refractivity contribution >= 4 is 34.8 Å². The SMILES string of the molecule is CC1(CO)CCc2c(C#N)cc(-c3ccnc(Nc4cc(Cl)cnc4Cl)n3)cc21. The van der Waals surface area contributed by atoms with Gasteiger partial charge in [-0.1, -0.05) is 30.1 Å². The van der Waals surface area contributed by atoms with Crippen LogP contribution in [0, 0.1) is 11.3 Å². The maximum atomic E-state index is 9.91. The molecule has 1 aliphatic carbocycles. The first kappa shape index (κ1) is 19.6. The van der Waals surface area contributed by atoms with Gasteiger partial charge < -0.3 is 10.4 Å². The number of anilines is 2. The van der Waals surface area contributed by atoms with Crippen LogP contribution >= 0.6 is 23.2 Å². The molecule has 1 unspecified atom stereocenters. The van der Waals surface area contributed by atoms with Crippen LogP contribution in [0.2, 0.25) is 10.2 Å². The van der Waals surface area contributed by atoms with Crippen molar-refractivity contribution in [3.05, 3.63) is 63.5 Å². The maximum absolute atomic E-state index is 9.91. The summed E-state index contributed by atoms with van der Waals surface area (Å²) in [4.78, 5) is 12.8. The normalized spacial score (nSPS) is 17.6. The zero-order chi connectivity index (χ0) is 20.6. The van der Waals surface area contributed by atoms with Crippen molar-refractivity contribution in [3.63, 3.8) is 0 Å². The Morgan fingerprint density at radius 3 is 2.86 bits per heavy atom. The van der Waals surface area contributed by atoms with Crippen molar-refractivity contribution in [2.75, 3.05) is 11.9 Å². The molecule has 0 radical (unpaired) electrons. The van der Waals surface area contributed by atoms with E-state index in [1.54, 1.807) is 18.3 Å². The van der Waals surface area contributed by atoms with Gasteiger partial charge in [0.2, 0.25) is 5.95 Å². The number of fused-ring (bicyclic) bond motifs is 1. The van der Waals surface area contributed by atoms with Gasteiger partial charge in [-0.15, -0.1) is 0 Å². The number of benzene rings is 1. The average Bonchev–Trinajstić information content (AvgIpc) is 3.08. The number of pyridine rings is 1. The molecule has 8 heteroatoms. The third kappa shape index (κ3) is 3.65. The molecule has 6 nitrogen and oxygen atoms in total. The summed E-state index contributed by atoms with van der Waals surface area (Å²) in [7, 11) is 0. The van der Waals surface area contributed by atoms with Crippen LogP contribution < -0.4 is 5.32 Å². The van der Waals surface area contributed by atoms with Crippen LogP contribution in [0.15, 0.2) is 36.7 Å². The molecule has 0 saturated heterocycles. The van der Waals surface area contributed by atoms with E-state index in [2.05, 4.69) is 26.3 Å². The fraction of sp³-hybridized carbons (Fsp3) is 0.238. The lowest BCUT2D eigenvalue weighted by molar-refractivity contribution is 0.206. The molecule has 29 heavy (non-hydrogen) atoms. The molecule has 0 fully saturated rings. The van der Waals surface area contributed by atoms with Gasteiger partial charge in [0.15, 0.2) is 5.15 Å². The minimum Gasteiger partial charge on any atom is -0.395 e. The van der Waals surface area contributed by atoms with E-state index in [4.69, 9.17) is 23.2 Å². The number of nitrogens with zero attached hydrogens (tertiary/aromatic N) is 4. The van der Waals surface area contributed by atoms with E-state index in [1.165, 1.54) is 6.20 Å². The van der Waals surface area contributed by atoms with Crippen LogP contribution in [0.5, 0.6) is 0 Å². The third-order valence-electron chi connectivity index (χ3n) is 5.30. The van der Waals surface area contributed by atoms with Crippen LogP contribution in [0.4, 0.5) is 11.6 Å². The number of hydrogen-bond acceptors (Lipinski definition) is 6. The fourth-order valence-electron chi connectivity index (χ4n) is 3.64. The Balaban J connectivity index is 1.75. The summed E-state index contributed by atoms with van der Waals surface area (Å²) in [6.45, 7) is 2.05. The molecule has 0 amide bonds. The van der Waals surface area contributed by atoms with Crippen LogP contribution in [-0.4, -0.2) is 26.7 Å². The molecule has 2 aromatic heterocycles. The Morgan fingerprint density at radius 1 is 1.28 bits per heavy atom. The lowest BCUT2D eigenvalue weighted by Gasteiger charge is -2.23. The van der Waals surface area contributed by atoms with E-state index in [0.29, 0.717) is 27.9 Å². The monoisotopic (exact) mass is 425 g/mol.